The largest absolute Gasteiger partial charge is 0.496 e. The van der Waals surface area contributed by atoms with Gasteiger partial charge in [-0.05, 0) is 86.6 Å². The zero-order valence-electron chi connectivity index (χ0n) is 22.9. The number of cyclic esters (lactones) is 1. The third-order valence-corrected chi connectivity index (χ3v) is 7.41. The monoisotopic (exact) mass is 544 g/mol. The van der Waals surface area contributed by atoms with Gasteiger partial charge in [-0.15, -0.1) is 0 Å². The molecule has 6 nitrogen and oxygen atoms in total. The first-order chi connectivity index (χ1) is 18.4. The Labute approximate surface area is 227 Å². The lowest BCUT2D eigenvalue weighted by atomic mass is 9.86. The maximum absolute atomic E-state index is 13.4. The van der Waals surface area contributed by atoms with Crippen LogP contribution in [-0.4, -0.2) is 36.6 Å². The van der Waals surface area contributed by atoms with Crippen LogP contribution in [0.3, 0.4) is 0 Å². The van der Waals surface area contributed by atoms with E-state index >= 15 is 0 Å². The van der Waals surface area contributed by atoms with Gasteiger partial charge in [-0.1, -0.05) is 25.5 Å². The van der Waals surface area contributed by atoms with Crippen LogP contribution in [0.1, 0.15) is 74.8 Å². The summed E-state index contributed by atoms with van der Waals surface area (Å²) in [6.07, 6.45) is -2.38. The highest BCUT2D eigenvalue weighted by molar-refractivity contribution is 5.93. The molecule has 0 bridgehead atoms. The number of nitrogens with zero attached hydrogens (tertiary/aromatic N) is 1. The Morgan fingerprint density at radius 2 is 1.87 bits per heavy atom. The quantitative estimate of drug-likeness (QED) is 0.391. The summed E-state index contributed by atoms with van der Waals surface area (Å²) in [7, 11) is 1.59. The van der Waals surface area contributed by atoms with Gasteiger partial charge < -0.3 is 14.8 Å². The van der Waals surface area contributed by atoms with Crippen LogP contribution >= 0.6 is 0 Å². The molecule has 0 saturated carbocycles. The van der Waals surface area contributed by atoms with E-state index in [-0.39, 0.29) is 11.8 Å². The van der Waals surface area contributed by atoms with Gasteiger partial charge in [-0.2, -0.15) is 13.2 Å². The number of methoxy groups -OCH3 is 1. The minimum absolute atomic E-state index is 0.0894. The van der Waals surface area contributed by atoms with E-state index in [1.165, 1.54) is 0 Å². The molecule has 0 spiro atoms. The van der Waals surface area contributed by atoms with E-state index < -0.39 is 30.0 Å². The van der Waals surface area contributed by atoms with Gasteiger partial charge >= 0.3 is 12.3 Å². The normalized spacial score (nSPS) is 19.9. The van der Waals surface area contributed by atoms with Gasteiger partial charge in [-0.25, -0.2) is 4.79 Å². The Hall–Kier alpha value is -3.49. The first-order valence-corrected chi connectivity index (χ1v) is 13.2. The smallest absolute Gasteiger partial charge is 0.416 e. The Kier molecular flexibility index (Phi) is 8.28. The van der Waals surface area contributed by atoms with Crippen molar-refractivity contribution in [3.63, 3.8) is 0 Å². The molecule has 39 heavy (non-hydrogen) atoms. The minimum atomic E-state index is -4.49. The van der Waals surface area contributed by atoms with Crippen molar-refractivity contribution in [3.05, 3.63) is 64.2 Å². The number of amides is 2. The van der Waals surface area contributed by atoms with E-state index in [2.05, 4.69) is 5.32 Å². The number of carbonyl (C=O) groups excluding carboxylic acids is 2. The van der Waals surface area contributed by atoms with Gasteiger partial charge in [0, 0.05) is 23.7 Å². The third kappa shape index (κ3) is 6.23. The number of benzene rings is 2. The van der Waals surface area contributed by atoms with Gasteiger partial charge in [0.2, 0.25) is 5.91 Å². The van der Waals surface area contributed by atoms with Crippen molar-refractivity contribution in [2.75, 3.05) is 19.0 Å². The number of halogens is 3. The second kappa shape index (κ2) is 11.3. The lowest BCUT2D eigenvalue weighted by molar-refractivity contribution is -0.137. The maximum atomic E-state index is 13.4. The predicted octanol–water partition coefficient (Wildman–Crippen LogP) is 7.53. The molecule has 1 aliphatic carbocycles. The molecular weight excluding hydrogens is 509 g/mol. The molecule has 0 unspecified atom stereocenters. The van der Waals surface area contributed by atoms with E-state index in [4.69, 9.17) is 9.47 Å². The van der Waals surface area contributed by atoms with Crippen molar-refractivity contribution in [1.82, 2.24) is 4.90 Å². The molecule has 1 heterocycles. The number of aryl methyl sites for hydroxylation is 1. The fourth-order valence-corrected chi connectivity index (χ4v) is 5.28. The number of rotatable bonds is 7. The molecule has 0 aromatic heterocycles. The van der Waals surface area contributed by atoms with E-state index in [0.29, 0.717) is 29.1 Å². The van der Waals surface area contributed by atoms with Crippen LogP contribution in [0.4, 0.5) is 23.7 Å². The first kappa shape index (κ1) is 28.5. The van der Waals surface area contributed by atoms with Crippen LogP contribution in [0.5, 0.6) is 5.75 Å². The number of hydrogen-bond acceptors (Lipinski definition) is 4. The first-order valence-electron chi connectivity index (χ1n) is 13.2. The summed E-state index contributed by atoms with van der Waals surface area (Å²) in [4.78, 5) is 26.9. The Morgan fingerprint density at radius 3 is 2.54 bits per heavy atom. The number of alkyl halides is 3. The Bertz CT molecular complexity index is 1290. The third-order valence-electron chi connectivity index (χ3n) is 7.41. The van der Waals surface area contributed by atoms with Gasteiger partial charge in [0.1, 0.15) is 11.9 Å². The Balaban J connectivity index is 1.65. The van der Waals surface area contributed by atoms with Gasteiger partial charge in [-0.3, -0.25) is 9.69 Å². The van der Waals surface area contributed by atoms with Crippen LogP contribution in [0.2, 0.25) is 0 Å². The van der Waals surface area contributed by atoms with Crippen molar-refractivity contribution in [3.8, 4) is 5.75 Å². The second-order valence-corrected chi connectivity index (χ2v) is 10.7. The topological polar surface area (TPSA) is 67.9 Å². The van der Waals surface area contributed by atoms with Gasteiger partial charge in [0.15, 0.2) is 0 Å². The van der Waals surface area contributed by atoms with Crippen molar-refractivity contribution in [2.45, 2.75) is 71.7 Å². The molecule has 2 aromatic rings. The zero-order chi connectivity index (χ0) is 28.5. The highest BCUT2D eigenvalue weighted by Crippen LogP contribution is 2.41. The fraction of sp³-hybridized carbons (Fsp3) is 0.467. The SMILES string of the molecule is COc1ccc(NC(=O)C(C)C)cc1C1=C(CN2C(=O)O[C@H](c3cc(C)cc(C(F)(F)F)c3)[C@@H]2C)CCCC1. The van der Waals surface area contributed by atoms with E-state index in [1.807, 2.05) is 26.0 Å². The van der Waals surface area contributed by atoms with Crippen molar-refractivity contribution < 1.29 is 32.2 Å². The van der Waals surface area contributed by atoms with Gasteiger partial charge in [0.05, 0.1) is 18.7 Å². The van der Waals surface area contributed by atoms with Crippen molar-refractivity contribution >= 4 is 23.3 Å². The number of carbonyl (C=O) groups is 2. The molecule has 2 amide bonds. The number of anilines is 1. The molecular formula is C30H35F3N2O4. The molecule has 2 aromatic carbocycles. The lowest BCUT2D eigenvalue weighted by Crippen LogP contribution is -2.34. The number of allylic oxidation sites excluding steroid dienone is 1. The highest BCUT2D eigenvalue weighted by Gasteiger charge is 2.41. The average Bonchev–Trinajstić information content (AvgIpc) is 3.16. The summed E-state index contributed by atoms with van der Waals surface area (Å²) in [6, 6.07) is 8.86. The molecule has 1 N–H and O–H groups in total. The Morgan fingerprint density at radius 1 is 1.15 bits per heavy atom. The van der Waals surface area contributed by atoms with Crippen LogP contribution in [-0.2, 0) is 15.7 Å². The predicted molar refractivity (Wildman–Crippen MR) is 143 cm³/mol. The number of ether oxygens (including phenoxy) is 2. The number of nitrogens with one attached hydrogen (secondary N) is 1. The molecule has 4 rings (SSSR count). The molecule has 9 heteroatoms. The highest BCUT2D eigenvalue weighted by atomic mass is 19.4. The van der Waals surface area contributed by atoms with E-state index in [0.717, 1.165) is 54.5 Å². The van der Waals surface area contributed by atoms with Crippen LogP contribution < -0.4 is 10.1 Å². The fourth-order valence-electron chi connectivity index (χ4n) is 5.28. The second-order valence-electron chi connectivity index (χ2n) is 10.7. The summed E-state index contributed by atoms with van der Waals surface area (Å²) in [5.74, 6) is 0.408. The molecule has 0 radical (unpaired) electrons. The van der Waals surface area contributed by atoms with E-state index in [9.17, 15) is 22.8 Å². The number of hydrogen-bond donors (Lipinski definition) is 1. The molecule has 2 aliphatic rings. The van der Waals surface area contributed by atoms with Crippen molar-refractivity contribution in [1.29, 1.82) is 0 Å². The van der Waals surface area contributed by atoms with Crippen LogP contribution in [0.15, 0.2) is 42.0 Å². The van der Waals surface area contributed by atoms with E-state index in [1.54, 1.807) is 38.0 Å². The zero-order valence-corrected chi connectivity index (χ0v) is 22.9. The molecule has 1 saturated heterocycles. The molecule has 1 fully saturated rings. The van der Waals surface area contributed by atoms with Gasteiger partial charge in [0.25, 0.3) is 0 Å². The summed E-state index contributed by atoms with van der Waals surface area (Å²) in [5.41, 5.74) is 3.66. The summed E-state index contributed by atoms with van der Waals surface area (Å²) >= 11 is 0. The minimum Gasteiger partial charge on any atom is -0.496 e. The average molecular weight is 545 g/mol. The summed E-state index contributed by atoms with van der Waals surface area (Å²) < 4.78 is 51.6. The lowest BCUT2D eigenvalue weighted by Gasteiger charge is -2.28. The summed E-state index contributed by atoms with van der Waals surface area (Å²) in [5, 5.41) is 2.94. The maximum Gasteiger partial charge on any atom is 0.416 e. The summed E-state index contributed by atoms with van der Waals surface area (Å²) in [6.45, 7) is 7.35. The standard InChI is InChI=1S/C30H35F3N2O4/c1-17(2)28(36)34-23-10-11-26(38-5)25(15-23)24-9-7-6-8-20(24)16-35-19(4)27(39-29(35)37)21-12-18(3)13-22(14-21)30(31,32)33/h10-15,17,19,27H,6-9,16H2,1-5H3,(H,34,36)/t19-,27-/m0/s1. The molecule has 210 valence electrons. The van der Waals surface area contributed by atoms with Crippen LogP contribution in [0, 0.1) is 12.8 Å². The van der Waals surface area contributed by atoms with Crippen LogP contribution in [0.25, 0.3) is 5.57 Å². The van der Waals surface area contributed by atoms with Crippen molar-refractivity contribution in [2.24, 2.45) is 5.92 Å². The molecule has 2 atom stereocenters. The molecule has 1 aliphatic heterocycles.